The molecule has 1 aromatic rings. The average Bonchev–Trinajstić information content (AvgIpc) is 3.07. The van der Waals surface area contributed by atoms with E-state index >= 15 is 0 Å². The van der Waals surface area contributed by atoms with Crippen molar-refractivity contribution in [3.05, 3.63) is 35.4 Å². The van der Waals surface area contributed by atoms with Crippen LogP contribution >= 0.6 is 0 Å². The molecule has 0 saturated heterocycles. The summed E-state index contributed by atoms with van der Waals surface area (Å²) < 4.78 is 5.10. The molecule has 1 aromatic carbocycles. The molecule has 0 aromatic heterocycles. The summed E-state index contributed by atoms with van der Waals surface area (Å²) >= 11 is 0. The fraction of sp³-hybridized carbons (Fsp3) is 0.650. The Labute approximate surface area is 138 Å². The number of methoxy groups -OCH3 is 1. The summed E-state index contributed by atoms with van der Waals surface area (Å²) in [5.41, 5.74) is 2.87. The Hall–Kier alpha value is -1.35. The Morgan fingerprint density at radius 3 is 2.83 bits per heavy atom. The van der Waals surface area contributed by atoms with E-state index in [0.717, 1.165) is 50.0 Å². The molecule has 4 atom stereocenters. The van der Waals surface area contributed by atoms with Crippen LogP contribution in [-0.4, -0.2) is 25.7 Å². The lowest BCUT2D eigenvalue weighted by Gasteiger charge is -2.45. The third kappa shape index (κ3) is 2.24. The summed E-state index contributed by atoms with van der Waals surface area (Å²) in [6.07, 6.45) is 5.34. The monoisotopic (exact) mass is 313 g/mol. The number of fused-ring (bicyclic) bond motifs is 3. The Morgan fingerprint density at radius 2 is 2.17 bits per heavy atom. The van der Waals surface area contributed by atoms with Crippen LogP contribution in [0.4, 0.5) is 0 Å². The number of benzene rings is 1. The van der Waals surface area contributed by atoms with E-state index in [1.807, 2.05) is 0 Å². The highest BCUT2D eigenvalue weighted by atomic mass is 16.5. The maximum Gasteiger partial charge on any atom is 0.313 e. The molecule has 4 rings (SSSR count). The summed E-state index contributed by atoms with van der Waals surface area (Å²) in [6, 6.07) is 9.17. The molecule has 1 N–H and O–H groups in total. The molecule has 0 spiro atoms. The molecule has 0 amide bonds. The molecule has 0 radical (unpaired) electrons. The van der Waals surface area contributed by atoms with Crippen LogP contribution in [0.5, 0.6) is 0 Å². The molecule has 124 valence electrons. The first-order valence-electron chi connectivity index (χ1n) is 9.11. The Morgan fingerprint density at radius 1 is 1.39 bits per heavy atom. The van der Waals surface area contributed by atoms with E-state index in [9.17, 15) is 4.79 Å². The van der Waals surface area contributed by atoms with Gasteiger partial charge in [0.05, 0.1) is 12.5 Å². The second kappa shape index (κ2) is 5.62. The van der Waals surface area contributed by atoms with Gasteiger partial charge in [0.2, 0.25) is 0 Å². The molecule has 3 aliphatic carbocycles. The summed E-state index contributed by atoms with van der Waals surface area (Å²) in [5.74, 6) is 2.33. The van der Waals surface area contributed by atoms with Gasteiger partial charge >= 0.3 is 5.97 Å². The third-order valence-corrected chi connectivity index (χ3v) is 6.71. The standard InChI is InChI=1S/C20H27NO2/c1-3-17(20(9-6-10-20)19(22)23-2)21-12-16-15-11-13-7-4-5-8-14(13)18(15)16/h4-5,7-8,15-18,21H,3,6,9-12H2,1-2H3. The second-order valence-electron chi connectivity index (χ2n) is 7.63. The largest absolute Gasteiger partial charge is 0.469 e. The van der Waals surface area contributed by atoms with Crippen LogP contribution in [0.3, 0.4) is 0 Å². The third-order valence-electron chi connectivity index (χ3n) is 6.71. The minimum absolute atomic E-state index is 0.00978. The highest BCUT2D eigenvalue weighted by Gasteiger charge is 2.56. The Balaban J connectivity index is 1.39. The van der Waals surface area contributed by atoms with Crippen LogP contribution in [0.1, 0.15) is 49.7 Å². The minimum Gasteiger partial charge on any atom is -0.469 e. The molecule has 0 bridgehead atoms. The summed E-state index contributed by atoms with van der Waals surface area (Å²) in [7, 11) is 1.53. The van der Waals surface area contributed by atoms with Gasteiger partial charge in [-0.05, 0) is 61.1 Å². The Kier molecular flexibility index (Phi) is 3.72. The highest BCUT2D eigenvalue weighted by Crippen LogP contribution is 2.61. The van der Waals surface area contributed by atoms with Crippen molar-refractivity contribution in [2.75, 3.05) is 13.7 Å². The zero-order chi connectivity index (χ0) is 16.0. The van der Waals surface area contributed by atoms with Gasteiger partial charge in [-0.3, -0.25) is 4.79 Å². The SMILES string of the molecule is CCC(NCC1C2Cc3ccccc3C12)C1(C(=O)OC)CCC1. The van der Waals surface area contributed by atoms with Crippen molar-refractivity contribution >= 4 is 5.97 Å². The van der Waals surface area contributed by atoms with Crippen LogP contribution in [0, 0.1) is 17.3 Å². The number of nitrogens with one attached hydrogen (secondary N) is 1. The van der Waals surface area contributed by atoms with Crippen LogP contribution in [0.25, 0.3) is 0 Å². The maximum atomic E-state index is 12.3. The van der Waals surface area contributed by atoms with Crippen molar-refractivity contribution in [3.8, 4) is 0 Å². The van der Waals surface area contributed by atoms with Gasteiger partial charge in [0, 0.05) is 6.04 Å². The molecule has 2 saturated carbocycles. The number of hydrogen-bond acceptors (Lipinski definition) is 3. The first-order valence-corrected chi connectivity index (χ1v) is 9.11. The highest BCUT2D eigenvalue weighted by molar-refractivity contribution is 5.78. The van der Waals surface area contributed by atoms with E-state index in [-0.39, 0.29) is 17.4 Å². The quantitative estimate of drug-likeness (QED) is 0.819. The smallest absolute Gasteiger partial charge is 0.313 e. The fourth-order valence-electron chi connectivity index (χ4n) is 5.23. The van der Waals surface area contributed by atoms with Crippen LogP contribution in [0.2, 0.25) is 0 Å². The summed E-state index contributed by atoms with van der Waals surface area (Å²) in [4.78, 5) is 12.3. The number of carbonyl (C=O) groups is 1. The number of rotatable bonds is 6. The lowest BCUT2D eigenvalue weighted by Crippen LogP contribution is -2.55. The number of hydrogen-bond donors (Lipinski definition) is 1. The van der Waals surface area contributed by atoms with Gasteiger partial charge in [0.25, 0.3) is 0 Å². The van der Waals surface area contributed by atoms with Gasteiger partial charge in [-0.2, -0.15) is 0 Å². The fourth-order valence-corrected chi connectivity index (χ4v) is 5.23. The molecule has 0 heterocycles. The molecule has 0 aliphatic heterocycles. The molecule has 2 fully saturated rings. The molecule has 4 unspecified atom stereocenters. The molecule has 3 nitrogen and oxygen atoms in total. The second-order valence-corrected chi connectivity index (χ2v) is 7.63. The van der Waals surface area contributed by atoms with Gasteiger partial charge in [-0.1, -0.05) is 37.6 Å². The predicted octanol–water partition coefficient (Wildman–Crippen LogP) is 3.28. The average molecular weight is 313 g/mol. The van der Waals surface area contributed by atoms with E-state index in [0.29, 0.717) is 0 Å². The van der Waals surface area contributed by atoms with Crippen LogP contribution < -0.4 is 5.32 Å². The van der Waals surface area contributed by atoms with Crippen molar-refractivity contribution in [2.45, 2.75) is 51.0 Å². The van der Waals surface area contributed by atoms with Gasteiger partial charge < -0.3 is 10.1 Å². The van der Waals surface area contributed by atoms with Gasteiger partial charge in [-0.15, -0.1) is 0 Å². The first-order chi connectivity index (χ1) is 11.2. The molecule has 23 heavy (non-hydrogen) atoms. The Bertz CT molecular complexity index is 607. The van der Waals surface area contributed by atoms with Gasteiger partial charge in [-0.25, -0.2) is 0 Å². The summed E-state index contributed by atoms with van der Waals surface area (Å²) in [5, 5.41) is 3.75. The van der Waals surface area contributed by atoms with Gasteiger partial charge in [0.1, 0.15) is 0 Å². The zero-order valence-corrected chi connectivity index (χ0v) is 14.2. The molecular weight excluding hydrogens is 286 g/mol. The normalized spacial score (nSPS) is 30.8. The van der Waals surface area contributed by atoms with E-state index < -0.39 is 0 Å². The number of carbonyl (C=O) groups excluding carboxylic acids is 1. The minimum atomic E-state index is -0.259. The van der Waals surface area contributed by atoms with Crippen molar-refractivity contribution in [1.82, 2.24) is 5.32 Å². The van der Waals surface area contributed by atoms with Crippen LogP contribution in [-0.2, 0) is 16.0 Å². The molecular formula is C20H27NO2. The predicted molar refractivity (Wildman–Crippen MR) is 90.2 cm³/mol. The van der Waals surface area contributed by atoms with E-state index in [4.69, 9.17) is 4.74 Å². The molecule has 3 heteroatoms. The molecule has 3 aliphatic rings. The van der Waals surface area contributed by atoms with Crippen molar-refractivity contribution < 1.29 is 9.53 Å². The van der Waals surface area contributed by atoms with Crippen molar-refractivity contribution in [1.29, 1.82) is 0 Å². The van der Waals surface area contributed by atoms with Crippen LogP contribution in [0.15, 0.2) is 24.3 Å². The number of ether oxygens (including phenoxy) is 1. The maximum absolute atomic E-state index is 12.3. The van der Waals surface area contributed by atoms with Crippen molar-refractivity contribution in [3.63, 3.8) is 0 Å². The zero-order valence-electron chi connectivity index (χ0n) is 14.2. The van der Waals surface area contributed by atoms with E-state index in [1.54, 1.807) is 11.1 Å². The van der Waals surface area contributed by atoms with E-state index in [2.05, 4.69) is 36.5 Å². The lowest BCUT2D eigenvalue weighted by molar-refractivity contribution is -0.161. The van der Waals surface area contributed by atoms with E-state index in [1.165, 1.54) is 13.5 Å². The summed E-state index contributed by atoms with van der Waals surface area (Å²) in [6.45, 7) is 3.23. The van der Waals surface area contributed by atoms with Crippen molar-refractivity contribution in [2.24, 2.45) is 17.3 Å². The van der Waals surface area contributed by atoms with Gasteiger partial charge in [0.15, 0.2) is 0 Å². The lowest BCUT2D eigenvalue weighted by atomic mass is 9.63. The number of esters is 1. The topological polar surface area (TPSA) is 38.3 Å². The first kappa shape index (κ1) is 15.2.